The number of ether oxygens (including phenoxy) is 3. The summed E-state index contributed by atoms with van der Waals surface area (Å²) < 4.78 is 15.2. The molecule has 0 saturated heterocycles. The van der Waals surface area contributed by atoms with Gasteiger partial charge in [-0.25, -0.2) is 4.79 Å². The Morgan fingerprint density at radius 3 is 2.33 bits per heavy atom. The second-order valence-electron chi connectivity index (χ2n) is 3.54. The highest BCUT2D eigenvalue weighted by molar-refractivity contribution is 6.07. The smallest absolute Gasteiger partial charge is 0.338 e. The van der Waals surface area contributed by atoms with Gasteiger partial charge in [-0.15, -0.1) is 0 Å². The summed E-state index contributed by atoms with van der Waals surface area (Å²) in [7, 11) is 4.42. The van der Waals surface area contributed by atoms with Gasteiger partial charge in [-0.2, -0.15) is 0 Å². The summed E-state index contributed by atoms with van der Waals surface area (Å²) in [5.74, 6) is 0.699. The zero-order valence-corrected chi connectivity index (χ0v) is 10.4. The average Bonchev–Trinajstić information content (AvgIpc) is 2.44. The van der Waals surface area contributed by atoms with Crippen LogP contribution in [-0.2, 0) is 4.74 Å². The van der Waals surface area contributed by atoms with Crippen LogP contribution in [0.5, 0.6) is 11.5 Å². The van der Waals surface area contributed by atoms with Gasteiger partial charge >= 0.3 is 5.97 Å². The van der Waals surface area contributed by atoms with E-state index in [0.29, 0.717) is 28.0 Å². The number of hydrogen-bond acceptors (Lipinski definition) is 5. The van der Waals surface area contributed by atoms with Crippen molar-refractivity contribution >= 4 is 16.9 Å². The van der Waals surface area contributed by atoms with Crippen LogP contribution < -0.4 is 9.47 Å². The van der Waals surface area contributed by atoms with Crippen LogP contribution in [0.15, 0.2) is 24.4 Å². The second kappa shape index (κ2) is 4.91. The number of carbonyl (C=O) groups excluding carboxylic acids is 1. The van der Waals surface area contributed by atoms with Crippen LogP contribution in [0.3, 0.4) is 0 Å². The maximum atomic E-state index is 11.7. The Kier molecular flexibility index (Phi) is 3.32. The molecule has 0 aliphatic rings. The van der Waals surface area contributed by atoms with Crippen LogP contribution in [0.25, 0.3) is 10.9 Å². The van der Waals surface area contributed by atoms with E-state index in [4.69, 9.17) is 14.2 Å². The van der Waals surface area contributed by atoms with E-state index in [9.17, 15) is 4.79 Å². The number of rotatable bonds is 3. The molecule has 0 aliphatic carbocycles. The number of esters is 1. The molecule has 0 N–H and O–H groups in total. The minimum Gasteiger partial charge on any atom is -0.496 e. The molecule has 94 valence electrons. The number of methoxy groups -OCH3 is 3. The average molecular weight is 247 g/mol. The third kappa shape index (κ3) is 1.84. The van der Waals surface area contributed by atoms with Gasteiger partial charge in [0, 0.05) is 6.20 Å². The maximum absolute atomic E-state index is 11.7. The zero-order valence-electron chi connectivity index (χ0n) is 10.4. The summed E-state index contributed by atoms with van der Waals surface area (Å²) in [5, 5.41) is 0.589. The molecule has 2 aromatic rings. The first-order valence-corrected chi connectivity index (χ1v) is 5.31. The molecule has 5 heteroatoms. The molecule has 5 nitrogen and oxygen atoms in total. The molecule has 0 spiro atoms. The molecule has 0 bridgehead atoms. The van der Waals surface area contributed by atoms with Crippen molar-refractivity contribution in [2.75, 3.05) is 21.3 Å². The highest BCUT2D eigenvalue weighted by atomic mass is 16.5. The Bertz CT molecular complexity index is 595. The summed E-state index contributed by atoms with van der Waals surface area (Å²) in [6.07, 6.45) is 1.54. The first kappa shape index (κ1) is 12.2. The van der Waals surface area contributed by atoms with Gasteiger partial charge in [-0.05, 0) is 18.2 Å². The lowest BCUT2D eigenvalue weighted by molar-refractivity contribution is 0.0602. The Hall–Kier alpha value is -2.30. The Labute approximate surface area is 104 Å². The van der Waals surface area contributed by atoms with Crippen molar-refractivity contribution in [3.05, 3.63) is 30.0 Å². The summed E-state index contributed by atoms with van der Waals surface area (Å²) in [5.41, 5.74) is 0.970. The minimum atomic E-state index is -0.436. The molecule has 18 heavy (non-hydrogen) atoms. The van der Waals surface area contributed by atoms with E-state index in [1.54, 1.807) is 25.3 Å². The summed E-state index contributed by atoms with van der Waals surface area (Å²) in [6.45, 7) is 0. The zero-order chi connectivity index (χ0) is 13.1. The van der Waals surface area contributed by atoms with Gasteiger partial charge in [0.2, 0.25) is 0 Å². The molecule has 0 unspecified atom stereocenters. The van der Waals surface area contributed by atoms with E-state index in [-0.39, 0.29) is 0 Å². The number of carbonyl (C=O) groups is 1. The summed E-state index contributed by atoms with van der Waals surface area (Å²) >= 11 is 0. The molecule has 0 amide bonds. The number of fused-ring (bicyclic) bond motifs is 1. The Morgan fingerprint density at radius 1 is 1.06 bits per heavy atom. The normalized spacial score (nSPS) is 10.2. The predicted molar refractivity (Wildman–Crippen MR) is 66.2 cm³/mol. The molecule has 0 fully saturated rings. The Morgan fingerprint density at radius 2 is 1.72 bits per heavy atom. The second-order valence-corrected chi connectivity index (χ2v) is 3.54. The van der Waals surface area contributed by atoms with Crippen LogP contribution in [0.4, 0.5) is 0 Å². The van der Waals surface area contributed by atoms with Gasteiger partial charge < -0.3 is 14.2 Å². The van der Waals surface area contributed by atoms with E-state index in [1.165, 1.54) is 20.4 Å². The molecule has 1 aromatic carbocycles. The van der Waals surface area contributed by atoms with Crippen molar-refractivity contribution in [3.63, 3.8) is 0 Å². The van der Waals surface area contributed by atoms with Crippen molar-refractivity contribution in [2.45, 2.75) is 0 Å². The van der Waals surface area contributed by atoms with Crippen molar-refractivity contribution in [3.8, 4) is 11.5 Å². The highest BCUT2D eigenvalue weighted by Crippen LogP contribution is 2.34. The van der Waals surface area contributed by atoms with E-state index in [0.717, 1.165) is 0 Å². The van der Waals surface area contributed by atoms with Gasteiger partial charge in [0.1, 0.15) is 17.0 Å². The van der Waals surface area contributed by atoms with E-state index < -0.39 is 5.97 Å². The Balaban J connectivity index is 2.84. The first-order valence-electron chi connectivity index (χ1n) is 5.31. The molecule has 0 aliphatic heterocycles. The monoisotopic (exact) mass is 247 g/mol. The lowest BCUT2D eigenvalue weighted by atomic mass is 10.1. The number of pyridine rings is 1. The van der Waals surface area contributed by atoms with Crippen LogP contribution in [0, 0.1) is 0 Å². The van der Waals surface area contributed by atoms with E-state index in [1.807, 2.05) is 0 Å². The number of aromatic nitrogens is 1. The van der Waals surface area contributed by atoms with Crippen molar-refractivity contribution in [2.24, 2.45) is 0 Å². The van der Waals surface area contributed by atoms with Crippen molar-refractivity contribution < 1.29 is 19.0 Å². The molecule has 0 radical (unpaired) electrons. The van der Waals surface area contributed by atoms with Crippen molar-refractivity contribution in [1.82, 2.24) is 4.98 Å². The summed E-state index contributed by atoms with van der Waals surface area (Å²) in [6, 6.07) is 5.07. The third-order valence-corrected chi connectivity index (χ3v) is 2.66. The molecule has 1 heterocycles. The van der Waals surface area contributed by atoms with Crippen molar-refractivity contribution in [1.29, 1.82) is 0 Å². The number of hydrogen-bond donors (Lipinski definition) is 0. The number of benzene rings is 1. The lowest BCUT2D eigenvalue weighted by Gasteiger charge is -2.11. The van der Waals surface area contributed by atoms with E-state index in [2.05, 4.69) is 4.98 Å². The van der Waals surface area contributed by atoms with E-state index >= 15 is 0 Å². The number of nitrogens with zero attached hydrogens (tertiary/aromatic N) is 1. The molecule has 1 aromatic heterocycles. The molecule has 0 saturated carbocycles. The fourth-order valence-electron chi connectivity index (χ4n) is 1.83. The van der Waals surface area contributed by atoms with Crippen LogP contribution in [0.2, 0.25) is 0 Å². The predicted octanol–water partition coefficient (Wildman–Crippen LogP) is 2.04. The quantitative estimate of drug-likeness (QED) is 0.777. The minimum absolute atomic E-state index is 0.401. The fourth-order valence-corrected chi connectivity index (χ4v) is 1.83. The van der Waals surface area contributed by atoms with Gasteiger partial charge in [0.05, 0.1) is 32.3 Å². The fraction of sp³-hybridized carbons (Fsp3) is 0.231. The first-order chi connectivity index (χ1) is 8.72. The lowest BCUT2D eigenvalue weighted by Crippen LogP contribution is -2.04. The van der Waals surface area contributed by atoms with Gasteiger partial charge in [-0.3, -0.25) is 4.98 Å². The van der Waals surface area contributed by atoms with Crippen LogP contribution >= 0.6 is 0 Å². The van der Waals surface area contributed by atoms with Gasteiger partial charge in [0.15, 0.2) is 0 Å². The molecular weight excluding hydrogens is 234 g/mol. The summed E-state index contributed by atoms with van der Waals surface area (Å²) in [4.78, 5) is 16.0. The highest BCUT2D eigenvalue weighted by Gasteiger charge is 2.17. The topological polar surface area (TPSA) is 57.7 Å². The largest absolute Gasteiger partial charge is 0.496 e. The molecular formula is C13H13NO4. The van der Waals surface area contributed by atoms with Gasteiger partial charge in [0.25, 0.3) is 0 Å². The SMILES string of the molecule is COC(=O)c1ccnc2c(OC)ccc(OC)c12. The van der Waals surface area contributed by atoms with Crippen LogP contribution in [0.1, 0.15) is 10.4 Å². The third-order valence-electron chi connectivity index (χ3n) is 2.66. The van der Waals surface area contributed by atoms with Gasteiger partial charge in [-0.1, -0.05) is 0 Å². The maximum Gasteiger partial charge on any atom is 0.338 e. The standard InChI is InChI=1S/C13H13NO4/c1-16-9-4-5-10(17-2)12-11(9)8(6-7-14-12)13(15)18-3/h4-7H,1-3H3. The molecule has 0 atom stereocenters. The van der Waals surface area contributed by atoms with Crippen LogP contribution in [-0.4, -0.2) is 32.3 Å². The molecule has 2 rings (SSSR count).